The molecule has 0 bridgehead atoms. The van der Waals surface area contributed by atoms with Crippen molar-refractivity contribution in [2.75, 3.05) is 11.9 Å². The molecule has 0 aliphatic heterocycles. The lowest BCUT2D eigenvalue weighted by Gasteiger charge is -2.08. The Balaban J connectivity index is 2.73. The number of nitrogens with one attached hydrogen (secondary N) is 1. The van der Waals surface area contributed by atoms with Crippen LogP contribution in [0.4, 0.5) is 10.1 Å². The normalized spacial score (nSPS) is 9.73. The molecule has 0 spiro atoms. The van der Waals surface area contributed by atoms with Crippen LogP contribution >= 0.6 is 15.9 Å². The molecule has 0 radical (unpaired) electrons. The molecule has 80 valence electrons. The number of halogens is 2. The summed E-state index contributed by atoms with van der Waals surface area (Å²) in [6, 6.07) is 4.50. The van der Waals surface area contributed by atoms with E-state index in [1.807, 2.05) is 0 Å². The lowest BCUT2D eigenvalue weighted by molar-refractivity contribution is -0.132. The second-order valence-electron chi connectivity index (χ2n) is 2.86. The van der Waals surface area contributed by atoms with E-state index < -0.39 is 11.8 Å². The number of rotatable bonds is 4. The van der Waals surface area contributed by atoms with Crippen molar-refractivity contribution in [3.05, 3.63) is 40.6 Å². The van der Waals surface area contributed by atoms with Gasteiger partial charge in [-0.05, 0) is 28.1 Å². The summed E-state index contributed by atoms with van der Waals surface area (Å²) in [5, 5.41) is 11.2. The van der Waals surface area contributed by atoms with Crippen molar-refractivity contribution in [1.29, 1.82) is 0 Å². The van der Waals surface area contributed by atoms with E-state index in [2.05, 4.69) is 27.8 Å². The summed E-state index contributed by atoms with van der Waals surface area (Å²) >= 11 is 3.15. The summed E-state index contributed by atoms with van der Waals surface area (Å²) in [6.45, 7) is 3.32. The average Bonchev–Trinajstić information content (AvgIpc) is 2.16. The van der Waals surface area contributed by atoms with Crippen LogP contribution in [0, 0.1) is 5.82 Å². The van der Waals surface area contributed by atoms with Gasteiger partial charge in [0.2, 0.25) is 0 Å². The Kier molecular flexibility index (Phi) is 3.85. The standard InChI is InChI=1S/C10H9BrFNO2/c1-6(10(14)15)5-13-9-7(11)3-2-4-8(9)12/h2-4,13H,1,5H2,(H,14,15). The summed E-state index contributed by atoms with van der Waals surface area (Å²) < 4.78 is 13.8. The molecule has 0 saturated heterocycles. The predicted molar refractivity (Wildman–Crippen MR) is 59.4 cm³/mol. The summed E-state index contributed by atoms with van der Waals surface area (Å²) in [5.74, 6) is -1.54. The molecule has 1 rings (SSSR count). The molecule has 0 aliphatic carbocycles. The third-order valence-electron chi connectivity index (χ3n) is 1.74. The highest BCUT2D eigenvalue weighted by molar-refractivity contribution is 9.10. The Hall–Kier alpha value is -1.36. The van der Waals surface area contributed by atoms with E-state index in [0.29, 0.717) is 4.47 Å². The van der Waals surface area contributed by atoms with Crippen LogP contribution in [-0.4, -0.2) is 17.6 Å². The first kappa shape index (κ1) is 11.7. The lowest BCUT2D eigenvalue weighted by atomic mass is 10.2. The molecule has 1 aromatic rings. The Labute approximate surface area is 94.7 Å². The van der Waals surface area contributed by atoms with Crippen LogP contribution in [-0.2, 0) is 4.79 Å². The monoisotopic (exact) mass is 273 g/mol. The smallest absolute Gasteiger partial charge is 0.332 e. The number of carboxylic acid groups (broad SMARTS) is 1. The molecule has 1 aromatic carbocycles. The number of hydrogen-bond donors (Lipinski definition) is 2. The topological polar surface area (TPSA) is 49.3 Å². The minimum Gasteiger partial charge on any atom is -0.478 e. The highest BCUT2D eigenvalue weighted by atomic mass is 79.9. The van der Waals surface area contributed by atoms with Crippen LogP contribution in [0.3, 0.4) is 0 Å². The Bertz CT molecular complexity index is 386. The largest absolute Gasteiger partial charge is 0.478 e. The van der Waals surface area contributed by atoms with Crippen LogP contribution in [0.5, 0.6) is 0 Å². The van der Waals surface area contributed by atoms with Gasteiger partial charge in [0.15, 0.2) is 0 Å². The number of carbonyl (C=O) groups is 1. The van der Waals surface area contributed by atoms with Crippen LogP contribution in [0.25, 0.3) is 0 Å². The molecule has 0 amide bonds. The maximum absolute atomic E-state index is 13.2. The summed E-state index contributed by atoms with van der Waals surface area (Å²) in [7, 11) is 0. The third kappa shape index (κ3) is 3.06. The number of para-hydroxylation sites is 1. The van der Waals surface area contributed by atoms with Gasteiger partial charge < -0.3 is 10.4 Å². The zero-order valence-corrected chi connectivity index (χ0v) is 9.34. The first-order chi connectivity index (χ1) is 7.02. The van der Waals surface area contributed by atoms with Crippen LogP contribution in [0.2, 0.25) is 0 Å². The molecule has 0 unspecified atom stereocenters. The quantitative estimate of drug-likeness (QED) is 0.830. The van der Waals surface area contributed by atoms with Crippen LogP contribution in [0.15, 0.2) is 34.8 Å². The van der Waals surface area contributed by atoms with Gasteiger partial charge in [-0.2, -0.15) is 0 Å². The van der Waals surface area contributed by atoms with Gasteiger partial charge in [0.25, 0.3) is 0 Å². The first-order valence-electron chi connectivity index (χ1n) is 4.11. The van der Waals surface area contributed by atoms with E-state index in [0.717, 1.165) is 0 Å². The van der Waals surface area contributed by atoms with E-state index in [1.54, 1.807) is 12.1 Å². The minimum absolute atomic E-state index is 0.00509. The lowest BCUT2D eigenvalue weighted by Crippen LogP contribution is -2.12. The molecule has 0 aromatic heterocycles. The van der Waals surface area contributed by atoms with Crippen molar-refractivity contribution in [3.63, 3.8) is 0 Å². The van der Waals surface area contributed by atoms with E-state index in [1.165, 1.54) is 6.07 Å². The van der Waals surface area contributed by atoms with Gasteiger partial charge in [0, 0.05) is 16.6 Å². The fourth-order valence-corrected chi connectivity index (χ4v) is 1.42. The summed E-state index contributed by atoms with van der Waals surface area (Å²) in [5.41, 5.74) is 0.213. The van der Waals surface area contributed by atoms with Crippen LogP contribution < -0.4 is 5.32 Å². The second-order valence-corrected chi connectivity index (χ2v) is 3.71. The Morgan fingerprint density at radius 3 is 2.80 bits per heavy atom. The highest BCUT2D eigenvalue weighted by Crippen LogP contribution is 2.25. The molecule has 0 fully saturated rings. The average molecular weight is 274 g/mol. The zero-order chi connectivity index (χ0) is 11.4. The molecule has 15 heavy (non-hydrogen) atoms. The van der Waals surface area contributed by atoms with E-state index in [-0.39, 0.29) is 17.8 Å². The van der Waals surface area contributed by atoms with Crippen molar-refractivity contribution in [2.45, 2.75) is 0 Å². The molecule has 5 heteroatoms. The van der Waals surface area contributed by atoms with Crippen LogP contribution in [0.1, 0.15) is 0 Å². The Morgan fingerprint density at radius 1 is 1.60 bits per heavy atom. The van der Waals surface area contributed by atoms with Crippen molar-refractivity contribution >= 4 is 27.6 Å². The number of aliphatic carboxylic acids is 1. The van der Waals surface area contributed by atoms with E-state index >= 15 is 0 Å². The van der Waals surface area contributed by atoms with E-state index in [4.69, 9.17) is 5.11 Å². The van der Waals surface area contributed by atoms with E-state index in [9.17, 15) is 9.18 Å². The number of carboxylic acids is 1. The molecule has 0 saturated carbocycles. The van der Waals surface area contributed by atoms with Gasteiger partial charge in [-0.1, -0.05) is 12.6 Å². The fourth-order valence-electron chi connectivity index (χ4n) is 0.937. The van der Waals surface area contributed by atoms with Gasteiger partial charge in [0.1, 0.15) is 5.82 Å². The maximum Gasteiger partial charge on any atom is 0.332 e. The number of anilines is 1. The summed E-state index contributed by atoms with van der Waals surface area (Å²) in [4.78, 5) is 10.4. The molecule has 2 N–H and O–H groups in total. The maximum atomic E-state index is 13.2. The van der Waals surface area contributed by atoms with Crippen molar-refractivity contribution < 1.29 is 14.3 Å². The molecule has 3 nitrogen and oxygen atoms in total. The molecule has 0 atom stereocenters. The van der Waals surface area contributed by atoms with Gasteiger partial charge in [-0.15, -0.1) is 0 Å². The molecular formula is C10H9BrFNO2. The first-order valence-corrected chi connectivity index (χ1v) is 4.90. The zero-order valence-electron chi connectivity index (χ0n) is 7.76. The molecule has 0 heterocycles. The SMILES string of the molecule is C=C(CNc1c(F)cccc1Br)C(=O)O. The predicted octanol–water partition coefficient (Wildman–Crippen LogP) is 2.64. The fraction of sp³-hybridized carbons (Fsp3) is 0.100. The van der Waals surface area contributed by atoms with Gasteiger partial charge in [-0.3, -0.25) is 0 Å². The van der Waals surface area contributed by atoms with Gasteiger partial charge >= 0.3 is 5.97 Å². The van der Waals surface area contributed by atoms with Crippen molar-refractivity contribution in [1.82, 2.24) is 0 Å². The number of hydrogen-bond acceptors (Lipinski definition) is 2. The highest BCUT2D eigenvalue weighted by Gasteiger charge is 2.08. The number of benzene rings is 1. The molecular weight excluding hydrogens is 265 g/mol. The summed E-state index contributed by atoms with van der Waals surface area (Å²) in [6.07, 6.45) is 0. The second kappa shape index (κ2) is 4.93. The third-order valence-corrected chi connectivity index (χ3v) is 2.40. The Morgan fingerprint density at radius 2 is 2.27 bits per heavy atom. The molecule has 0 aliphatic rings. The minimum atomic E-state index is -1.10. The van der Waals surface area contributed by atoms with Gasteiger partial charge in [0.05, 0.1) is 5.69 Å². The van der Waals surface area contributed by atoms with Crippen molar-refractivity contribution in [2.24, 2.45) is 0 Å². The van der Waals surface area contributed by atoms with Gasteiger partial charge in [-0.25, -0.2) is 9.18 Å². The van der Waals surface area contributed by atoms with Crippen molar-refractivity contribution in [3.8, 4) is 0 Å².